The second-order valence-electron chi connectivity index (χ2n) is 9.94. The standard InChI is InChI=1S/C26H32N6O6S2/c1-29(18-21-3-2-16-38-21)40(36,37)22-7-4-19(5-8-22)25(33)27-10-11-30-12-14-31(15-13-30)26-28-23-9-6-20(32(34)35)17-24(23)39-26/h4-9,17,21H,2-3,10-16,18H2,1H3,(H,27,33). The topological polar surface area (TPSA) is 138 Å². The van der Waals surface area contributed by atoms with E-state index in [2.05, 4.69) is 20.1 Å². The molecule has 214 valence electrons. The van der Waals surface area contributed by atoms with Crippen molar-refractivity contribution in [2.75, 3.05) is 64.4 Å². The summed E-state index contributed by atoms with van der Waals surface area (Å²) >= 11 is 1.46. The number of ether oxygens (including phenoxy) is 1. The molecule has 3 aromatic rings. The zero-order chi connectivity index (χ0) is 28.3. The molecule has 0 aliphatic carbocycles. The number of aromatic nitrogens is 1. The summed E-state index contributed by atoms with van der Waals surface area (Å²) < 4.78 is 33.4. The summed E-state index contributed by atoms with van der Waals surface area (Å²) in [6, 6.07) is 10.7. The zero-order valence-corrected chi connectivity index (χ0v) is 23.8. The van der Waals surface area contributed by atoms with E-state index in [1.54, 1.807) is 19.2 Å². The molecule has 0 spiro atoms. The lowest BCUT2D eigenvalue weighted by atomic mass is 10.2. The third-order valence-electron chi connectivity index (χ3n) is 7.24. The third-order valence-corrected chi connectivity index (χ3v) is 10.2. The highest BCUT2D eigenvalue weighted by molar-refractivity contribution is 7.89. The molecular weight excluding hydrogens is 556 g/mol. The summed E-state index contributed by atoms with van der Waals surface area (Å²) in [6.07, 6.45) is 1.72. The Balaban J connectivity index is 1.07. The molecule has 12 nitrogen and oxygen atoms in total. The van der Waals surface area contributed by atoms with E-state index < -0.39 is 14.9 Å². The van der Waals surface area contributed by atoms with Gasteiger partial charge in [0.25, 0.3) is 11.6 Å². The molecule has 0 bridgehead atoms. The van der Waals surface area contributed by atoms with Gasteiger partial charge in [0.1, 0.15) is 0 Å². The van der Waals surface area contributed by atoms with Crippen LogP contribution in [0.2, 0.25) is 0 Å². The number of nitrogens with one attached hydrogen (secondary N) is 1. The highest BCUT2D eigenvalue weighted by atomic mass is 32.2. The molecule has 1 atom stereocenters. The quantitative estimate of drug-likeness (QED) is 0.280. The number of nitro groups is 1. The maximum Gasteiger partial charge on any atom is 0.270 e. The van der Waals surface area contributed by atoms with Gasteiger partial charge in [-0.2, -0.15) is 4.31 Å². The molecule has 0 radical (unpaired) electrons. The SMILES string of the molecule is CN(CC1CCCO1)S(=O)(=O)c1ccc(C(=O)NCCN2CCN(c3nc4ccc([N+](=O)[O-])cc4s3)CC2)cc1. The number of nitrogens with zero attached hydrogens (tertiary/aromatic N) is 5. The molecule has 5 rings (SSSR count). The van der Waals surface area contributed by atoms with Crippen LogP contribution in [0.4, 0.5) is 10.8 Å². The molecule has 2 aliphatic rings. The molecule has 2 fully saturated rings. The molecule has 40 heavy (non-hydrogen) atoms. The first-order valence-corrected chi connectivity index (χ1v) is 15.4. The smallest absolute Gasteiger partial charge is 0.270 e. The molecule has 1 aromatic heterocycles. The van der Waals surface area contributed by atoms with Crippen molar-refractivity contribution < 1.29 is 22.9 Å². The van der Waals surface area contributed by atoms with Crippen LogP contribution >= 0.6 is 11.3 Å². The minimum atomic E-state index is -3.66. The fourth-order valence-electron chi connectivity index (χ4n) is 4.87. The Morgan fingerprint density at radius 3 is 2.62 bits per heavy atom. The number of rotatable bonds is 10. The zero-order valence-electron chi connectivity index (χ0n) is 22.2. The van der Waals surface area contributed by atoms with Crippen molar-refractivity contribution in [1.82, 2.24) is 19.5 Å². The van der Waals surface area contributed by atoms with E-state index in [1.807, 2.05) is 0 Å². The number of carbonyl (C=O) groups is 1. The molecule has 1 amide bonds. The van der Waals surface area contributed by atoms with E-state index in [0.717, 1.165) is 54.4 Å². The van der Waals surface area contributed by atoms with Crippen LogP contribution in [0.1, 0.15) is 23.2 Å². The number of anilines is 1. The largest absolute Gasteiger partial charge is 0.377 e. The lowest BCUT2D eigenvalue weighted by molar-refractivity contribution is -0.384. The minimum Gasteiger partial charge on any atom is -0.377 e. The van der Waals surface area contributed by atoms with E-state index in [4.69, 9.17) is 4.74 Å². The van der Waals surface area contributed by atoms with Gasteiger partial charge in [0.15, 0.2) is 5.13 Å². The van der Waals surface area contributed by atoms with E-state index in [-0.39, 0.29) is 22.6 Å². The molecule has 0 saturated carbocycles. The van der Waals surface area contributed by atoms with Crippen LogP contribution in [0.15, 0.2) is 47.4 Å². The molecule has 2 saturated heterocycles. The second kappa shape index (κ2) is 12.1. The molecule has 2 aliphatic heterocycles. The van der Waals surface area contributed by atoms with Gasteiger partial charge in [-0.05, 0) is 43.2 Å². The van der Waals surface area contributed by atoms with Crippen LogP contribution in [0.3, 0.4) is 0 Å². The number of amides is 1. The maximum atomic E-state index is 12.9. The number of carbonyl (C=O) groups excluding carboxylic acids is 1. The van der Waals surface area contributed by atoms with Crippen molar-refractivity contribution in [2.45, 2.75) is 23.8 Å². The normalized spacial score (nSPS) is 18.4. The number of non-ortho nitro benzene ring substituents is 1. The van der Waals surface area contributed by atoms with Crippen LogP contribution in [0.5, 0.6) is 0 Å². The lowest BCUT2D eigenvalue weighted by Gasteiger charge is -2.34. The lowest BCUT2D eigenvalue weighted by Crippen LogP contribution is -2.48. The number of nitro benzene ring substituents is 1. The molecule has 1 unspecified atom stereocenters. The van der Waals surface area contributed by atoms with Gasteiger partial charge in [0.2, 0.25) is 10.0 Å². The Kier molecular flexibility index (Phi) is 8.61. The first kappa shape index (κ1) is 28.4. The Hall–Kier alpha value is -3.17. The van der Waals surface area contributed by atoms with E-state index >= 15 is 0 Å². The van der Waals surface area contributed by atoms with Gasteiger partial charge in [-0.25, -0.2) is 13.4 Å². The van der Waals surface area contributed by atoms with Crippen LogP contribution in [0, 0.1) is 10.1 Å². The van der Waals surface area contributed by atoms with Gasteiger partial charge < -0.3 is 15.0 Å². The van der Waals surface area contributed by atoms with Crippen LogP contribution in [-0.4, -0.2) is 99.0 Å². The van der Waals surface area contributed by atoms with Crippen molar-refractivity contribution >= 4 is 48.3 Å². The number of sulfonamides is 1. The predicted molar refractivity (Wildman–Crippen MR) is 152 cm³/mol. The summed E-state index contributed by atoms with van der Waals surface area (Å²) in [7, 11) is -2.11. The molecule has 14 heteroatoms. The molecular formula is C26H32N6O6S2. The predicted octanol–water partition coefficient (Wildman–Crippen LogP) is 2.56. The maximum absolute atomic E-state index is 12.9. The Morgan fingerprint density at radius 2 is 1.95 bits per heavy atom. The van der Waals surface area contributed by atoms with E-state index in [1.165, 1.54) is 46.0 Å². The minimum absolute atomic E-state index is 0.0632. The Bertz CT molecular complexity index is 1460. The molecule has 2 aromatic carbocycles. The highest BCUT2D eigenvalue weighted by Crippen LogP contribution is 2.31. The van der Waals surface area contributed by atoms with Crippen LogP contribution < -0.4 is 10.2 Å². The molecule has 3 heterocycles. The molecule has 1 N–H and O–H groups in total. The summed E-state index contributed by atoms with van der Waals surface area (Å²) in [5.74, 6) is -0.251. The second-order valence-corrected chi connectivity index (χ2v) is 13.0. The van der Waals surface area contributed by atoms with E-state index in [0.29, 0.717) is 31.8 Å². The van der Waals surface area contributed by atoms with Gasteiger partial charge in [-0.15, -0.1) is 0 Å². The summed E-state index contributed by atoms with van der Waals surface area (Å²) in [6.45, 7) is 5.28. The van der Waals surface area contributed by atoms with Crippen molar-refractivity contribution in [3.8, 4) is 0 Å². The first-order valence-electron chi connectivity index (χ1n) is 13.2. The van der Waals surface area contributed by atoms with Crippen molar-refractivity contribution in [3.63, 3.8) is 0 Å². The fraction of sp³-hybridized carbons (Fsp3) is 0.462. The summed E-state index contributed by atoms with van der Waals surface area (Å²) in [5.41, 5.74) is 1.22. The van der Waals surface area contributed by atoms with Gasteiger partial charge in [0.05, 0.1) is 26.1 Å². The fourth-order valence-corrected chi connectivity index (χ4v) is 7.13. The van der Waals surface area contributed by atoms with Gasteiger partial charge >= 0.3 is 0 Å². The Morgan fingerprint density at radius 1 is 1.20 bits per heavy atom. The van der Waals surface area contributed by atoms with Crippen LogP contribution in [0.25, 0.3) is 10.2 Å². The summed E-state index contributed by atoms with van der Waals surface area (Å²) in [5, 5.41) is 14.8. The van der Waals surface area contributed by atoms with E-state index in [9.17, 15) is 23.3 Å². The van der Waals surface area contributed by atoms with Gasteiger partial charge in [0, 0.05) is 77.2 Å². The van der Waals surface area contributed by atoms with Crippen molar-refractivity contribution in [2.24, 2.45) is 0 Å². The number of benzene rings is 2. The average Bonchev–Trinajstić information content (AvgIpc) is 3.63. The number of hydrogen-bond donors (Lipinski definition) is 1. The monoisotopic (exact) mass is 588 g/mol. The summed E-state index contributed by atoms with van der Waals surface area (Å²) in [4.78, 5) is 32.5. The highest BCUT2D eigenvalue weighted by Gasteiger charge is 2.26. The Labute approximate surface area is 236 Å². The van der Waals surface area contributed by atoms with Gasteiger partial charge in [-0.1, -0.05) is 11.3 Å². The average molecular weight is 589 g/mol. The number of piperazine rings is 1. The van der Waals surface area contributed by atoms with Crippen molar-refractivity contribution in [3.05, 3.63) is 58.1 Å². The first-order chi connectivity index (χ1) is 19.2. The number of thiazole rings is 1. The number of hydrogen-bond acceptors (Lipinski definition) is 10. The number of likely N-dealkylation sites (N-methyl/N-ethyl adjacent to an activating group) is 1. The van der Waals surface area contributed by atoms with Crippen LogP contribution in [-0.2, 0) is 14.8 Å². The van der Waals surface area contributed by atoms with Crippen molar-refractivity contribution in [1.29, 1.82) is 0 Å². The van der Waals surface area contributed by atoms with Gasteiger partial charge in [-0.3, -0.25) is 19.8 Å². The third kappa shape index (κ3) is 6.41. The number of fused-ring (bicyclic) bond motifs is 1.